The zero-order valence-electron chi connectivity index (χ0n) is 22.3. The number of hydrogen-bond donors (Lipinski definition) is 3. The number of oxime groups is 1. The molecule has 1 atom stereocenters. The molecular formula is C31H36N2O5. The summed E-state index contributed by atoms with van der Waals surface area (Å²) in [4.78, 5) is 23.0. The first kappa shape index (κ1) is 28.4. The number of ether oxygens (including phenoxy) is 1. The third-order valence-electron chi connectivity index (χ3n) is 6.24. The molecule has 0 aliphatic carbocycles. The summed E-state index contributed by atoms with van der Waals surface area (Å²) in [6.45, 7) is 8.63. The second-order valence-corrected chi connectivity index (χ2v) is 10.0. The molecule has 0 heterocycles. The third kappa shape index (κ3) is 7.93. The second-order valence-electron chi connectivity index (χ2n) is 10.0. The van der Waals surface area contributed by atoms with E-state index in [2.05, 4.69) is 62.4 Å². The number of nitrogens with one attached hydrogen (secondary N) is 1. The van der Waals surface area contributed by atoms with E-state index >= 15 is 0 Å². The fourth-order valence-electron chi connectivity index (χ4n) is 4.17. The number of benzene rings is 3. The Bertz CT molecular complexity index is 1250. The highest BCUT2D eigenvalue weighted by molar-refractivity contribution is 5.94. The molecule has 1 unspecified atom stereocenters. The summed E-state index contributed by atoms with van der Waals surface area (Å²) in [6.07, 6.45) is 1.79. The maximum atomic E-state index is 12.3. The number of hydrogen-bond acceptors (Lipinski definition) is 5. The molecule has 3 aromatic carbocycles. The Morgan fingerprint density at radius 3 is 2.18 bits per heavy atom. The van der Waals surface area contributed by atoms with Crippen LogP contribution in [0.15, 0.2) is 71.9 Å². The van der Waals surface area contributed by atoms with Crippen molar-refractivity contribution in [2.75, 3.05) is 6.54 Å². The van der Waals surface area contributed by atoms with Crippen LogP contribution in [0.2, 0.25) is 0 Å². The molecule has 0 fully saturated rings. The molecule has 0 spiro atoms. The monoisotopic (exact) mass is 516 g/mol. The Balaban J connectivity index is 1.82. The van der Waals surface area contributed by atoms with Gasteiger partial charge in [-0.05, 0) is 64.8 Å². The number of carboxylic acids is 1. The van der Waals surface area contributed by atoms with Gasteiger partial charge >= 0.3 is 5.97 Å². The van der Waals surface area contributed by atoms with E-state index in [0.29, 0.717) is 23.1 Å². The van der Waals surface area contributed by atoms with Crippen molar-refractivity contribution in [2.45, 2.75) is 52.6 Å². The van der Waals surface area contributed by atoms with Gasteiger partial charge in [0.2, 0.25) is 0 Å². The molecule has 3 N–H and O–H groups in total. The number of aliphatic carboxylic acids is 1. The Morgan fingerprint density at radius 2 is 1.61 bits per heavy atom. The minimum Gasteiger partial charge on any atom is -0.486 e. The van der Waals surface area contributed by atoms with Crippen molar-refractivity contribution in [3.05, 3.63) is 89.0 Å². The number of carboxylic acid groups (broad SMARTS) is 1. The van der Waals surface area contributed by atoms with Gasteiger partial charge in [0.25, 0.3) is 5.91 Å². The lowest BCUT2D eigenvalue weighted by molar-refractivity contribution is -0.136. The van der Waals surface area contributed by atoms with Crippen LogP contribution in [0.3, 0.4) is 0 Å². The number of amides is 1. The summed E-state index contributed by atoms with van der Waals surface area (Å²) < 4.78 is 6.42. The minimum atomic E-state index is -0.959. The molecular weight excluding hydrogens is 480 g/mol. The van der Waals surface area contributed by atoms with E-state index in [4.69, 9.17) is 9.84 Å². The molecule has 3 rings (SSSR count). The highest BCUT2D eigenvalue weighted by Crippen LogP contribution is 2.32. The van der Waals surface area contributed by atoms with Gasteiger partial charge < -0.3 is 20.4 Å². The largest absolute Gasteiger partial charge is 0.486 e. The quantitative estimate of drug-likeness (QED) is 0.142. The lowest BCUT2D eigenvalue weighted by atomic mass is 9.96. The van der Waals surface area contributed by atoms with Crippen LogP contribution in [0, 0.1) is 5.92 Å². The zero-order chi connectivity index (χ0) is 27.7. The summed E-state index contributed by atoms with van der Waals surface area (Å²) in [6, 6.07) is 21.3. The first-order valence-electron chi connectivity index (χ1n) is 12.9. The molecule has 0 aliphatic rings. The van der Waals surface area contributed by atoms with Crippen molar-refractivity contribution in [3.63, 3.8) is 0 Å². The van der Waals surface area contributed by atoms with E-state index in [1.807, 2.05) is 30.3 Å². The van der Waals surface area contributed by atoms with Crippen molar-refractivity contribution in [3.8, 4) is 16.9 Å². The maximum absolute atomic E-state index is 12.3. The van der Waals surface area contributed by atoms with Crippen LogP contribution in [0.4, 0.5) is 0 Å². The Kier molecular flexibility index (Phi) is 10.0. The smallest absolute Gasteiger partial charge is 0.305 e. The normalized spacial score (nSPS) is 12.2. The predicted octanol–water partition coefficient (Wildman–Crippen LogP) is 6.66. The van der Waals surface area contributed by atoms with Gasteiger partial charge in [0.05, 0.1) is 12.6 Å². The van der Waals surface area contributed by atoms with Gasteiger partial charge in [0.1, 0.15) is 11.9 Å². The SMILES string of the molecule is CC(C)CC(Oc1ccc(-c2ccc(C(C)C)cc2)c(/C=N/O)c1)c1ccc(C(=O)NCCC(=O)O)cc1. The fourth-order valence-corrected chi connectivity index (χ4v) is 4.17. The van der Waals surface area contributed by atoms with Crippen LogP contribution in [0.25, 0.3) is 11.1 Å². The lowest BCUT2D eigenvalue weighted by Gasteiger charge is -2.22. The number of carbonyl (C=O) groups is 2. The van der Waals surface area contributed by atoms with Gasteiger partial charge in [-0.1, -0.05) is 75.3 Å². The molecule has 0 radical (unpaired) electrons. The Morgan fingerprint density at radius 1 is 0.947 bits per heavy atom. The van der Waals surface area contributed by atoms with Crippen LogP contribution in [0.5, 0.6) is 5.75 Å². The maximum Gasteiger partial charge on any atom is 0.305 e. The summed E-state index contributed by atoms with van der Waals surface area (Å²) in [5, 5.41) is 23.9. The highest BCUT2D eigenvalue weighted by atomic mass is 16.5. The van der Waals surface area contributed by atoms with Gasteiger partial charge in [-0.3, -0.25) is 9.59 Å². The molecule has 0 saturated carbocycles. The van der Waals surface area contributed by atoms with Crippen LogP contribution < -0.4 is 10.1 Å². The first-order valence-corrected chi connectivity index (χ1v) is 12.9. The van der Waals surface area contributed by atoms with Crippen molar-refractivity contribution in [2.24, 2.45) is 11.1 Å². The van der Waals surface area contributed by atoms with Crippen LogP contribution >= 0.6 is 0 Å². The molecule has 0 saturated heterocycles. The molecule has 38 heavy (non-hydrogen) atoms. The second kappa shape index (κ2) is 13.4. The van der Waals surface area contributed by atoms with Gasteiger partial charge in [-0.2, -0.15) is 0 Å². The molecule has 7 nitrogen and oxygen atoms in total. The molecule has 3 aromatic rings. The van der Waals surface area contributed by atoms with Gasteiger partial charge in [-0.15, -0.1) is 0 Å². The number of carbonyl (C=O) groups excluding carboxylic acids is 1. The van der Waals surface area contributed by atoms with Crippen LogP contribution in [-0.4, -0.2) is 34.9 Å². The molecule has 200 valence electrons. The van der Waals surface area contributed by atoms with E-state index in [1.54, 1.807) is 12.1 Å². The third-order valence-corrected chi connectivity index (χ3v) is 6.24. The summed E-state index contributed by atoms with van der Waals surface area (Å²) in [7, 11) is 0. The van der Waals surface area contributed by atoms with Crippen LogP contribution in [0.1, 0.15) is 79.6 Å². The molecule has 0 aliphatic heterocycles. The summed E-state index contributed by atoms with van der Waals surface area (Å²) in [5.74, 6) is 0.167. The average molecular weight is 517 g/mol. The van der Waals surface area contributed by atoms with E-state index in [1.165, 1.54) is 11.8 Å². The van der Waals surface area contributed by atoms with E-state index in [-0.39, 0.29) is 25.0 Å². The minimum absolute atomic E-state index is 0.0757. The molecule has 7 heteroatoms. The van der Waals surface area contributed by atoms with E-state index < -0.39 is 5.97 Å². The Labute approximate surface area is 224 Å². The highest BCUT2D eigenvalue weighted by Gasteiger charge is 2.18. The van der Waals surface area contributed by atoms with Crippen molar-refractivity contribution >= 4 is 18.1 Å². The average Bonchev–Trinajstić information content (AvgIpc) is 2.88. The summed E-state index contributed by atoms with van der Waals surface area (Å²) >= 11 is 0. The van der Waals surface area contributed by atoms with E-state index in [0.717, 1.165) is 28.7 Å². The topological polar surface area (TPSA) is 108 Å². The fraction of sp³-hybridized carbons (Fsp3) is 0.323. The van der Waals surface area contributed by atoms with Gasteiger partial charge in [0, 0.05) is 17.7 Å². The van der Waals surface area contributed by atoms with Crippen molar-refractivity contribution in [1.82, 2.24) is 5.32 Å². The van der Waals surface area contributed by atoms with Crippen molar-refractivity contribution in [1.29, 1.82) is 0 Å². The number of nitrogens with zero attached hydrogens (tertiary/aromatic N) is 1. The number of rotatable bonds is 12. The molecule has 0 bridgehead atoms. The van der Waals surface area contributed by atoms with Gasteiger partial charge in [0.15, 0.2) is 0 Å². The summed E-state index contributed by atoms with van der Waals surface area (Å²) in [5.41, 5.74) is 5.32. The lowest BCUT2D eigenvalue weighted by Crippen LogP contribution is -2.26. The predicted molar refractivity (Wildman–Crippen MR) is 149 cm³/mol. The van der Waals surface area contributed by atoms with Crippen molar-refractivity contribution < 1.29 is 24.6 Å². The Hall–Kier alpha value is -4.13. The van der Waals surface area contributed by atoms with Gasteiger partial charge in [-0.25, -0.2) is 0 Å². The van der Waals surface area contributed by atoms with E-state index in [9.17, 15) is 14.8 Å². The first-order chi connectivity index (χ1) is 18.2. The molecule has 0 aromatic heterocycles. The standard InChI is InChI=1S/C31H36N2O5/c1-20(2)17-29(24-9-11-25(12-10-24)31(36)32-16-15-30(34)35)38-27-13-14-28(26(18-27)19-33-37)23-7-5-22(6-8-23)21(3)4/h5-14,18-21,29,37H,15-17H2,1-4H3,(H,32,36)(H,34,35)/b33-19+. The van der Waals surface area contributed by atoms with Crippen LogP contribution in [-0.2, 0) is 4.79 Å². The zero-order valence-corrected chi connectivity index (χ0v) is 22.3. The molecule has 1 amide bonds.